The molecule has 1 aliphatic carbocycles. The molecule has 4 nitrogen and oxygen atoms in total. The van der Waals surface area contributed by atoms with E-state index in [0.717, 1.165) is 24.2 Å². The van der Waals surface area contributed by atoms with E-state index in [2.05, 4.69) is 14.5 Å². The summed E-state index contributed by atoms with van der Waals surface area (Å²) in [5, 5.41) is 0. The molecule has 0 bridgehead atoms. The Morgan fingerprint density at radius 2 is 2.06 bits per heavy atom. The highest BCUT2D eigenvalue weighted by Gasteiger charge is 2.16. The Bertz CT molecular complexity index is 513. The van der Waals surface area contributed by atoms with Gasteiger partial charge in [-0.3, -0.25) is 4.57 Å². The zero-order valence-electron chi connectivity index (χ0n) is 9.76. The molecule has 0 unspecified atom stereocenters. The van der Waals surface area contributed by atoms with Crippen molar-refractivity contribution < 1.29 is 0 Å². The van der Waals surface area contributed by atoms with Gasteiger partial charge in [0.05, 0.1) is 5.69 Å². The number of imidazole rings is 1. The lowest BCUT2D eigenvalue weighted by atomic mass is 10.0. The molecule has 2 aromatic rings. The van der Waals surface area contributed by atoms with E-state index in [1.54, 1.807) is 0 Å². The van der Waals surface area contributed by atoms with Gasteiger partial charge in [0.25, 0.3) is 0 Å². The third-order valence-electron chi connectivity index (χ3n) is 3.32. The van der Waals surface area contributed by atoms with E-state index in [1.807, 2.05) is 24.7 Å². The monoisotopic (exact) mass is 228 g/mol. The molecule has 0 atom stereocenters. The van der Waals surface area contributed by atoms with Crippen LogP contribution in [0.4, 0.5) is 0 Å². The van der Waals surface area contributed by atoms with E-state index >= 15 is 0 Å². The molecule has 0 spiro atoms. The molecule has 0 amide bonds. The maximum Gasteiger partial charge on any atom is 0.138 e. The van der Waals surface area contributed by atoms with Gasteiger partial charge < -0.3 is 5.73 Å². The number of hydrogen-bond donors (Lipinski definition) is 1. The van der Waals surface area contributed by atoms with Crippen LogP contribution in [-0.2, 0) is 19.4 Å². The lowest BCUT2D eigenvalue weighted by Gasteiger charge is -2.13. The minimum Gasteiger partial charge on any atom is -0.326 e. The Morgan fingerprint density at radius 1 is 1.18 bits per heavy atom. The number of hydrogen-bond acceptors (Lipinski definition) is 3. The van der Waals surface area contributed by atoms with E-state index in [0.29, 0.717) is 6.54 Å². The van der Waals surface area contributed by atoms with Crippen LogP contribution in [0.3, 0.4) is 0 Å². The van der Waals surface area contributed by atoms with Gasteiger partial charge in [-0.2, -0.15) is 0 Å². The van der Waals surface area contributed by atoms with Crippen molar-refractivity contribution in [2.75, 3.05) is 0 Å². The third-order valence-corrected chi connectivity index (χ3v) is 3.32. The maximum absolute atomic E-state index is 5.57. The van der Waals surface area contributed by atoms with Crippen molar-refractivity contribution in [3.63, 3.8) is 0 Å². The van der Waals surface area contributed by atoms with Gasteiger partial charge in [0.2, 0.25) is 0 Å². The zero-order valence-corrected chi connectivity index (χ0v) is 9.76. The summed E-state index contributed by atoms with van der Waals surface area (Å²) in [7, 11) is 0. The standard InChI is InChI=1S/C13H16N4/c14-7-10-5-6-13(15-8-10)17-9-16-11-3-1-2-4-12(11)17/h5-6,8-9H,1-4,7,14H2. The molecular weight excluding hydrogens is 212 g/mol. The minimum absolute atomic E-state index is 0.537. The van der Waals surface area contributed by atoms with E-state index in [1.165, 1.54) is 24.2 Å². The van der Waals surface area contributed by atoms with Crippen LogP contribution in [0.2, 0.25) is 0 Å². The molecule has 17 heavy (non-hydrogen) atoms. The van der Waals surface area contributed by atoms with Gasteiger partial charge in [-0.25, -0.2) is 9.97 Å². The SMILES string of the molecule is NCc1ccc(-n2cnc3c2CCCC3)nc1. The van der Waals surface area contributed by atoms with Gasteiger partial charge in [0.15, 0.2) is 0 Å². The summed E-state index contributed by atoms with van der Waals surface area (Å²) in [4.78, 5) is 8.92. The van der Waals surface area contributed by atoms with Gasteiger partial charge in [-0.1, -0.05) is 6.07 Å². The molecule has 2 aromatic heterocycles. The van der Waals surface area contributed by atoms with Gasteiger partial charge in [-0.15, -0.1) is 0 Å². The Hall–Kier alpha value is -1.68. The van der Waals surface area contributed by atoms with E-state index < -0.39 is 0 Å². The third kappa shape index (κ3) is 1.85. The first kappa shape index (κ1) is 10.5. The molecule has 1 aliphatic rings. The first-order valence-electron chi connectivity index (χ1n) is 6.09. The van der Waals surface area contributed by atoms with Crippen molar-refractivity contribution in [1.29, 1.82) is 0 Å². The van der Waals surface area contributed by atoms with E-state index in [9.17, 15) is 0 Å². The molecule has 0 saturated carbocycles. The molecule has 0 aromatic carbocycles. The van der Waals surface area contributed by atoms with Gasteiger partial charge in [0.1, 0.15) is 12.1 Å². The summed E-state index contributed by atoms with van der Waals surface area (Å²) in [6.07, 6.45) is 8.44. The Balaban J connectivity index is 2.00. The molecular formula is C13H16N4. The van der Waals surface area contributed by atoms with Crippen LogP contribution in [0, 0.1) is 0 Å². The normalized spacial score (nSPS) is 14.6. The van der Waals surface area contributed by atoms with Crippen molar-refractivity contribution >= 4 is 0 Å². The summed E-state index contributed by atoms with van der Waals surface area (Å²) in [5.74, 6) is 0.942. The number of fused-ring (bicyclic) bond motifs is 1. The first-order chi connectivity index (χ1) is 8.38. The molecule has 3 rings (SSSR count). The second-order valence-corrected chi connectivity index (χ2v) is 4.44. The summed E-state index contributed by atoms with van der Waals surface area (Å²) in [5.41, 5.74) is 9.19. The fourth-order valence-corrected chi connectivity index (χ4v) is 2.35. The topological polar surface area (TPSA) is 56.7 Å². The van der Waals surface area contributed by atoms with Crippen molar-refractivity contribution in [3.05, 3.63) is 41.6 Å². The number of pyridine rings is 1. The molecule has 0 saturated heterocycles. The number of nitrogens with zero attached hydrogens (tertiary/aromatic N) is 3. The quantitative estimate of drug-likeness (QED) is 0.849. The minimum atomic E-state index is 0.537. The summed E-state index contributed by atoms with van der Waals surface area (Å²) >= 11 is 0. The van der Waals surface area contributed by atoms with Gasteiger partial charge in [0, 0.05) is 18.4 Å². The molecule has 0 radical (unpaired) electrons. The molecule has 0 aliphatic heterocycles. The van der Waals surface area contributed by atoms with Crippen LogP contribution in [0.1, 0.15) is 29.8 Å². The maximum atomic E-state index is 5.57. The van der Waals surface area contributed by atoms with E-state index in [-0.39, 0.29) is 0 Å². The van der Waals surface area contributed by atoms with Gasteiger partial charge in [-0.05, 0) is 37.3 Å². The predicted molar refractivity (Wildman–Crippen MR) is 65.9 cm³/mol. The van der Waals surface area contributed by atoms with Crippen LogP contribution >= 0.6 is 0 Å². The number of nitrogens with two attached hydrogens (primary N) is 1. The van der Waals surface area contributed by atoms with Crippen LogP contribution in [0.25, 0.3) is 5.82 Å². The van der Waals surface area contributed by atoms with Gasteiger partial charge >= 0.3 is 0 Å². The largest absolute Gasteiger partial charge is 0.326 e. The van der Waals surface area contributed by atoms with Crippen molar-refractivity contribution in [2.24, 2.45) is 5.73 Å². The van der Waals surface area contributed by atoms with Crippen molar-refractivity contribution in [1.82, 2.24) is 14.5 Å². The van der Waals surface area contributed by atoms with Crippen LogP contribution < -0.4 is 5.73 Å². The van der Waals surface area contributed by atoms with Crippen LogP contribution in [0.15, 0.2) is 24.7 Å². The lowest BCUT2D eigenvalue weighted by molar-refractivity contribution is 0.654. The molecule has 2 heterocycles. The average molecular weight is 228 g/mol. The smallest absolute Gasteiger partial charge is 0.138 e. The zero-order chi connectivity index (χ0) is 11.7. The Kier molecular flexibility index (Phi) is 2.65. The molecule has 4 heteroatoms. The highest BCUT2D eigenvalue weighted by molar-refractivity contribution is 5.31. The molecule has 0 fully saturated rings. The summed E-state index contributed by atoms with van der Waals surface area (Å²) < 4.78 is 2.11. The number of rotatable bonds is 2. The first-order valence-corrected chi connectivity index (χ1v) is 6.09. The summed E-state index contributed by atoms with van der Waals surface area (Å²) in [6, 6.07) is 4.04. The lowest BCUT2D eigenvalue weighted by Crippen LogP contribution is -2.08. The van der Waals surface area contributed by atoms with Crippen LogP contribution in [-0.4, -0.2) is 14.5 Å². The van der Waals surface area contributed by atoms with E-state index in [4.69, 9.17) is 5.73 Å². The highest BCUT2D eigenvalue weighted by Crippen LogP contribution is 2.22. The fourth-order valence-electron chi connectivity index (χ4n) is 2.35. The Labute approximate surface area is 101 Å². The van der Waals surface area contributed by atoms with Crippen LogP contribution in [0.5, 0.6) is 0 Å². The molecule has 2 N–H and O–H groups in total. The van der Waals surface area contributed by atoms with Crippen molar-refractivity contribution in [2.45, 2.75) is 32.2 Å². The number of aromatic nitrogens is 3. The summed E-state index contributed by atoms with van der Waals surface area (Å²) in [6.45, 7) is 0.537. The van der Waals surface area contributed by atoms with Crippen molar-refractivity contribution in [3.8, 4) is 5.82 Å². The Morgan fingerprint density at radius 3 is 2.82 bits per heavy atom. The molecule has 88 valence electrons. The highest BCUT2D eigenvalue weighted by atomic mass is 15.1. The average Bonchev–Trinajstić information content (AvgIpc) is 2.83. The second kappa shape index (κ2) is 4.30. The second-order valence-electron chi connectivity index (χ2n) is 4.44. The fraction of sp³-hybridized carbons (Fsp3) is 0.385. The predicted octanol–water partition coefficient (Wildman–Crippen LogP) is 1.60. The number of aryl methyl sites for hydroxylation is 1.